The minimum absolute atomic E-state index is 0.174. The van der Waals surface area contributed by atoms with Crippen LogP contribution in [0.2, 0.25) is 0 Å². The van der Waals surface area contributed by atoms with Crippen LogP contribution in [0.3, 0.4) is 0 Å². The maximum Gasteiger partial charge on any atom is 0.416 e. The van der Waals surface area contributed by atoms with E-state index in [2.05, 4.69) is 4.99 Å². The maximum atomic E-state index is 13.4. The van der Waals surface area contributed by atoms with Gasteiger partial charge in [-0.2, -0.15) is 13.2 Å². The molecule has 0 aromatic heterocycles. The second-order valence-corrected chi connectivity index (χ2v) is 9.09. The van der Waals surface area contributed by atoms with Gasteiger partial charge in [-0.15, -0.1) is 0 Å². The number of carbonyl (C=O) groups is 1. The fraction of sp³-hybridized carbons (Fsp3) is 0.333. The lowest BCUT2D eigenvalue weighted by Gasteiger charge is -2.21. The van der Waals surface area contributed by atoms with Gasteiger partial charge in [0.2, 0.25) is 0 Å². The average molecular weight is 486 g/mol. The molecule has 35 heavy (non-hydrogen) atoms. The number of aliphatic imine (C=N–C) groups is 1. The number of carboxylic acids is 1. The van der Waals surface area contributed by atoms with Crippen LogP contribution in [0.4, 0.5) is 13.2 Å². The van der Waals surface area contributed by atoms with Crippen LogP contribution in [0.1, 0.15) is 42.5 Å². The lowest BCUT2D eigenvalue weighted by molar-refractivity contribution is -0.137. The van der Waals surface area contributed by atoms with E-state index in [-0.39, 0.29) is 11.5 Å². The van der Waals surface area contributed by atoms with Crippen molar-refractivity contribution < 1.29 is 32.9 Å². The zero-order valence-electron chi connectivity index (χ0n) is 19.4. The molecule has 2 aliphatic rings. The molecule has 4 rings (SSSR count). The first-order valence-electron chi connectivity index (χ1n) is 11.4. The number of halogens is 3. The highest BCUT2D eigenvalue weighted by Crippen LogP contribution is 2.45. The largest absolute Gasteiger partial charge is 0.507 e. The van der Waals surface area contributed by atoms with E-state index >= 15 is 0 Å². The van der Waals surface area contributed by atoms with Gasteiger partial charge >= 0.3 is 12.1 Å². The van der Waals surface area contributed by atoms with Crippen LogP contribution in [0.25, 0.3) is 16.7 Å². The minimum atomic E-state index is -4.48. The molecule has 0 atom stereocenters. The minimum Gasteiger partial charge on any atom is -0.507 e. The van der Waals surface area contributed by atoms with Gasteiger partial charge in [-0.25, -0.2) is 4.79 Å². The summed E-state index contributed by atoms with van der Waals surface area (Å²) >= 11 is 0. The number of aliphatic hydroxyl groups is 1. The van der Waals surface area contributed by atoms with E-state index in [0.29, 0.717) is 54.9 Å². The van der Waals surface area contributed by atoms with Crippen LogP contribution >= 0.6 is 0 Å². The number of nitrogens with zero attached hydrogens (tertiary/aromatic N) is 1. The second kappa shape index (κ2) is 9.60. The standard InChI is InChI=1S/C27H26F3NO4/c1-15(2)10-17-12-24(32)23(26(33)34)14-31-8-6-19-20-7-9-35-25(20)22(13-21(17)19)16-4-3-5-18(11-16)27(28,29)30/h3-5,11-15,32H,6-10H2,1-2H3,(H,33,34)/b17-12+,24-23?,31-14?. The van der Waals surface area contributed by atoms with Crippen LogP contribution < -0.4 is 4.74 Å². The molecule has 0 radical (unpaired) electrons. The van der Waals surface area contributed by atoms with Crippen molar-refractivity contribution in [2.45, 2.75) is 39.3 Å². The molecule has 2 heterocycles. The number of ether oxygens (including phenoxy) is 1. The van der Waals surface area contributed by atoms with Gasteiger partial charge in [-0.1, -0.05) is 26.0 Å². The number of benzene rings is 2. The molecule has 0 bridgehead atoms. The smallest absolute Gasteiger partial charge is 0.416 e. The molecular formula is C27H26F3NO4. The fourth-order valence-corrected chi connectivity index (χ4v) is 4.59. The molecule has 2 aliphatic heterocycles. The summed E-state index contributed by atoms with van der Waals surface area (Å²) in [5, 5.41) is 20.2. The number of aliphatic carboxylic acids is 1. The normalized spacial score (nSPS) is 17.5. The topological polar surface area (TPSA) is 79.1 Å². The summed E-state index contributed by atoms with van der Waals surface area (Å²) in [4.78, 5) is 15.9. The molecule has 0 unspecified atom stereocenters. The number of hydrogen-bond donors (Lipinski definition) is 2. The number of carboxylic acid groups (broad SMARTS) is 1. The van der Waals surface area contributed by atoms with E-state index in [9.17, 15) is 28.2 Å². The molecule has 2 N–H and O–H groups in total. The fourth-order valence-electron chi connectivity index (χ4n) is 4.59. The molecule has 2 aromatic carbocycles. The van der Waals surface area contributed by atoms with E-state index < -0.39 is 23.5 Å². The molecule has 0 saturated carbocycles. The lowest BCUT2D eigenvalue weighted by atomic mass is 9.84. The SMILES string of the molecule is CC(C)C/C1=C\C(O)=C(C(=O)O)C=NCCc2c1cc(-c1cccc(C(F)(F)F)c1)c1c2CCO1. The molecule has 0 aliphatic carbocycles. The van der Waals surface area contributed by atoms with Crippen molar-refractivity contribution in [1.29, 1.82) is 0 Å². The van der Waals surface area contributed by atoms with E-state index in [1.54, 1.807) is 6.07 Å². The van der Waals surface area contributed by atoms with Crippen LogP contribution in [0.15, 0.2) is 52.7 Å². The molecule has 0 spiro atoms. The number of aliphatic hydroxyl groups excluding tert-OH is 1. The third-order valence-electron chi connectivity index (χ3n) is 6.10. The Kier molecular flexibility index (Phi) is 6.74. The lowest BCUT2D eigenvalue weighted by Crippen LogP contribution is -2.10. The van der Waals surface area contributed by atoms with Crippen molar-refractivity contribution in [3.63, 3.8) is 0 Å². The van der Waals surface area contributed by atoms with E-state index in [1.807, 2.05) is 19.9 Å². The molecule has 184 valence electrons. The van der Waals surface area contributed by atoms with E-state index in [4.69, 9.17) is 4.74 Å². The van der Waals surface area contributed by atoms with Crippen molar-refractivity contribution in [1.82, 2.24) is 0 Å². The summed E-state index contributed by atoms with van der Waals surface area (Å²) < 4.78 is 46.2. The summed E-state index contributed by atoms with van der Waals surface area (Å²) in [6.07, 6.45) is -0.237. The highest BCUT2D eigenvalue weighted by Gasteiger charge is 2.32. The summed E-state index contributed by atoms with van der Waals surface area (Å²) in [7, 11) is 0. The first kappa shape index (κ1) is 24.6. The Morgan fingerprint density at radius 1 is 1.14 bits per heavy atom. The van der Waals surface area contributed by atoms with Crippen LogP contribution in [0, 0.1) is 5.92 Å². The summed E-state index contributed by atoms with van der Waals surface area (Å²) in [5.74, 6) is -0.964. The van der Waals surface area contributed by atoms with E-state index in [1.165, 1.54) is 18.4 Å². The van der Waals surface area contributed by atoms with Gasteiger partial charge < -0.3 is 14.9 Å². The Hall–Kier alpha value is -3.55. The highest BCUT2D eigenvalue weighted by molar-refractivity contribution is 6.09. The third-order valence-corrected chi connectivity index (χ3v) is 6.10. The monoisotopic (exact) mass is 485 g/mol. The number of rotatable bonds is 4. The highest BCUT2D eigenvalue weighted by atomic mass is 19.4. The first-order chi connectivity index (χ1) is 16.6. The Morgan fingerprint density at radius 3 is 2.60 bits per heavy atom. The number of fused-ring (bicyclic) bond motifs is 3. The van der Waals surface area contributed by atoms with Gasteiger partial charge in [0, 0.05) is 30.3 Å². The first-order valence-corrected chi connectivity index (χ1v) is 11.4. The summed E-state index contributed by atoms with van der Waals surface area (Å²) in [6.45, 7) is 4.72. The predicted molar refractivity (Wildman–Crippen MR) is 128 cm³/mol. The Balaban J connectivity index is 2.00. The quantitative estimate of drug-likeness (QED) is 0.536. The number of allylic oxidation sites excluding steroid dienone is 2. The Labute approximate surface area is 201 Å². The molecule has 2 aromatic rings. The summed E-state index contributed by atoms with van der Waals surface area (Å²) in [5.41, 5.74) is 3.22. The Morgan fingerprint density at radius 2 is 1.91 bits per heavy atom. The maximum absolute atomic E-state index is 13.4. The van der Waals surface area contributed by atoms with Gasteiger partial charge in [0.15, 0.2) is 0 Å². The molecule has 8 heteroatoms. The van der Waals surface area contributed by atoms with Crippen LogP contribution in [-0.4, -0.2) is 35.5 Å². The zero-order valence-corrected chi connectivity index (χ0v) is 19.4. The molecule has 5 nitrogen and oxygen atoms in total. The molecule has 0 fully saturated rings. The van der Waals surface area contributed by atoms with Gasteiger partial charge in [-0.05, 0) is 65.3 Å². The molecular weight excluding hydrogens is 459 g/mol. The van der Waals surface area contributed by atoms with Crippen molar-refractivity contribution in [2.24, 2.45) is 10.9 Å². The zero-order chi connectivity index (χ0) is 25.3. The molecule has 0 amide bonds. The van der Waals surface area contributed by atoms with Gasteiger partial charge in [0.25, 0.3) is 0 Å². The molecule has 0 saturated heterocycles. The number of alkyl halides is 3. The summed E-state index contributed by atoms with van der Waals surface area (Å²) in [6, 6.07) is 6.94. The van der Waals surface area contributed by atoms with Gasteiger partial charge in [0.1, 0.15) is 17.1 Å². The van der Waals surface area contributed by atoms with Crippen LogP contribution in [0.5, 0.6) is 5.75 Å². The van der Waals surface area contributed by atoms with Crippen LogP contribution in [-0.2, 0) is 23.8 Å². The van der Waals surface area contributed by atoms with Crippen molar-refractivity contribution in [3.8, 4) is 16.9 Å². The second-order valence-electron chi connectivity index (χ2n) is 9.09. The van der Waals surface area contributed by atoms with Crippen molar-refractivity contribution in [2.75, 3.05) is 13.2 Å². The van der Waals surface area contributed by atoms with Crippen molar-refractivity contribution in [3.05, 3.63) is 70.0 Å². The van der Waals surface area contributed by atoms with Gasteiger partial charge in [0.05, 0.1) is 12.2 Å². The van der Waals surface area contributed by atoms with Gasteiger partial charge in [-0.3, -0.25) is 4.99 Å². The number of hydrogen-bond acceptors (Lipinski definition) is 4. The third kappa shape index (κ3) is 5.11. The van der Waals surface area contributed by atoms with E-state index in [0.717, 1.165) is 28.8 Å². The predicted octanol–water partition coefficient (Wildman–Crippen LogP) is 6.26. The Bertz CT molecular complexity index is 1260. The van der Waals surface area contributed by atoms with Crippen molar-refractivity contribution >= 4 is 17.8 Å². The average Bonchev–Trinajstić information content (AvgIpc) is 3.27.